The monoisotopic (exact) mass is 255 g/mol. The van der Waals surface area contributed by atoms with Crippen molar-refractivity contribution < 1.29 is 9.50 Å². The topological polar surface area (TPSA) is 46.2 Å². The molecule has 3 N–H and O–H groups in total. The van der Waals surface area contributed by atoms with Crippen LogP contribution in [-0.2, 0) is 0 Å². The fourth-order valence-electron chi connectivity index (χ4n) is 2.17. The molecule has 1 aromatic carbocycles. The van der Waals surface area contributed by atoms with Crippen LogP contribution in [0.25, 0.3) is 0 Å². The van der Waals surface area contributed by atoms with Gasteiger partial charge < -0.3 is 10.8 Å². The molecule has 0 atom stereocenters. The lowest BCUT2D eigenvalue weighted by Crippen LogP contribution is -2.33. The maximum absolute atomic E-state index is 13.2. The molecule has 0 heterocycles. The van der Waals surface area contributed by atoms with E-state index in [-0.39, 0.29) is 11.5 Å². The summed E-state index contributed by atoms with van der Waals surface area (Å²) >= 11 is 1.50. The third-order valence-electron chi connectivity index (χ3n) is 3.26. The predicted molar refractivity (Wildman–Crippen MR) is 69.6 cm³/mol. The van der Waals surface area contributed by atoms with Crippen molar-refractivity contribution in [2.45, 2.75) is 42.6 Å². The summed E-state index contributed by atoms with van der Waals surface area (Å²) in [6.45, 7) is 0. The first-order valence-corrected chi connectivity index (χ1v) is 6.98. The van der Waals surface area contributed by atoms with E-state index in [1.807, 2.05) is 0 Å². The Labute approximate surface area is 105 Å². The van der Waals surface area contributed by atoms with E-state index >= 15 is 0 Å². The van der Waals surface area contributed by atoms with Crippen LogP contribution in [0, 0.1) is 5.82 Å². The summed E-state index contributed by atoms with van der Waals surface area (Å²) in [7, 11) is 0. The molecule has 0 aliphatic heterocycles. The molecule has 1 saturated carbocycles. The Morgan fingerprint density at radius 2 is 2.00 bits per heavy atom. The molecule has 1 aliphatic carbocycles. The molecule has 2 rings (SSSR count). The summed E-state index contributed by atoms with van der Waals surface area (Å²) in [6.07, 6.45) is 5.11. The van der Waals surface area contributed by atoms with Gasteiger partial charge in [0.05, 0.1) is 11.3 Å². The number of anilines is 1. The number of benzene rings is 1. The molecule has 0 amide bonds. The Bertz CT molecular complexity index is 391. The molecule has 1 aromatic rings. The van der Waals surface area contributed by atoms with Crippen LogP contribution in [0.3, 0.4) is 0 Å². The van der Waals surface area contributed by atoms with Gasteiger partial charge in [-0.25, -0.2) is 4.39 Å². The minimum Gasteiger partial charge on any atom is -0.396 e. The van der Waals surface area contributed by atoms with Crippen LogP contribution in [0.15, 0.2) is 23.1 Å². The first-order chi connectivity index (χ1) is 8.09. The molecule has 1 fully saturated rings. The third-order valence-corrected chi connectivity index (χ3v) is 4.53. The van der Waals surface area contributed by atoms with Crippen molar-refractivity contribution in [1.29, 1.82) is 0 Å². The molecule has 2 nitrogen and oxygen atoms in total. The summed E-state index contributed by atoms with van der Waals surface area (Å²) in [5.41, 5.74) is 5.02. The molecule has 4 heteroatoms. The van der Waals surface area contributed by atoms with Gasteiger partial charge in [-0.1, -0.05) is 19.3 Å². The molecule has 0 unspecified atom stereocenters. The van der Waals surface area contributed by atoms with Crippen molar-refractivity contribution in [2.24, 2.45) is 0 Å². The Hall–Kier alpha value is -0.740. The minimum absolute atomic E-state index is 0.172. The van der Waals surface area contributed by atoms with Crippen LogP contribution in [0.1, 0.15) is 32.1 Å². The SMILES string of the molecule is Nc1ccc(SCC2(O)CCCCC2)cc1F. The minimum atomic E-state index is -0.569. The van der Waals surface area contributed by atoms with Crippen LogP contribution in [0.5, 0.6) is 0 Å². The van der Waals surface area contributed by atoms with Crippen molar-refractivity contribution >= 4 is 17.4 Å². The average molecular weight is 255 g/mol. The van der Waals surface area contributed by atoms with Gasteiger partial charge in [0.25, 0.3) is 0 Å². The average Bonchev–Trinajstić information content (AvgIpc) is 2.32. The van der Waals surface area contributed by atoms with Crippen LogP contribution in [-0.4, -0.2) is 16.5 Å². The van der Waals surface area contributed by atoms with Crippen molar-refractivity contribution in [3.63, 3.8) is 0 Å². The van der Waals surface area contributed by atoms with Gasteiger partial charge in [-0.15, -0.1) is 11.8 Å². The van der Waals surface area contributed by atoms with Crippen LogP contribution >= 0.6 is 11.8 Å². The Kier molecular flexibility index (Phi) is 3.94. The fourth-order valence-corrected chi connectivity index (χ4v) is 3.24. The summed E-state index contributed by atoms with van der Waals surface area (Å²) in [6, 6.07) is 4.81. The van der Waals surface area contributed by atoms with Gasteiger partial charge in [0, 0.05) is 10.6 Å². The maximum Gasteiger partial charge on any atom is 0.147 e. The second kappa shape index (κ2) is 5.27. The zero-order valence-electron chi connectivity index (χ0n) is 9.79. The van der Waals surface area contributed by atoms with Crippen LogP contribution in [0.2, 0.25) is 0 Å². The molecular formula is C13H18FNOS. The standard InChI is InChI=1S/C13H18FNOS/c14-11-8-10(4-5-12(11)15)17-9-13(16)6-2-1-3-7-13/h4-5,8,16H,1-3,6-7,9,15H2. The first kappa shape index (κ1) is 12.7. The molecule has 1 aliphatic rings. The van der Waals surface area contributed by atoms with E-state index in [1.54, 1.807) is 12.1 Å². The van der Waals surface area contributed by atoms with E-state index in [0.717, 1.165) is 30.6 Å². The Morgan fingerprint density at radius 1 is 1.29 bits per heavy atom. The fraction of sp³-hybridized carbons (Fsp3) is 0.538. The summed E-state index contributed by atoms with van der Waals surface area (Å²) in [5.74, 6) is 0.252. The zero-order chi connectivity index (χ0) is 12.3. The number of nitrogen functional groups attached to an aromatic ring is 1. The van der Waals surface area contributed by atoms with Crippen molar-refractivity contribution in [3.05, 3.63) is 24.0 Å². The van der Waals surface area contributed by atoms with Gasteiger partial charge in [-0.05, 0) is 31.0 Å². The predicted octanol–water partition coefficient (Wildman–Crippen LogP) is 3.20. The van der Waals surface area contributed by atoms with E-state index in [2.05, 4.69) is 0 Å². The van der Waals surface area contributed by atoms with Gasteiger partial charge in [0.15, 0.2) is 0 Å². The molecule has 0 aromatic heterocycles. The third kappa shape index (κ3) is 3.36. The summed E-state index contributed by atoms with van der Waals surface area (Å²) in [4.78, 5) is 0.829. The second-order valence-corrected chi connectivity index (χ2v) is 5.81. The highest BCUT2D eigenvalue weighted by Gasteiger charge is 2.29. The number of halogens is 1. The number of nitrogens with two attached hydrogens (primary N) is 1. The lowest BCUT2D eigenvalue weighted by Gasteiger charge is -2.31. The number of thioether (sulfide) groups is 1. The lowest BCUT2D eigenvalue weighted by molar-refractivity contribution is 0.0273. The lowest BCUT2D eigenvalue weighted by atomic mass is 9.86. The number of rotatable bonds is 3. The van der Waals surface area contributed by atoms with Gasteiger partial charge in [0.1, 0.15) is 5.82 Å². The Balaban J connectivity index is 1.94. The number of aliphatic hydroxyl groups is 1. The van der Waals surface area contributed by atoms with Crippen LogP contribution < -0.4 is 5.73 Å². The molecule has 94 valence electrons. The molecule has 17 heavy (non-hydrogen) atoms. The van der Waals surface area contributed by atoms with E-state index in [4.69, 9.17) is 5.73 Å². The number of hydrogen-bond acceptors (Lipinski definition) is 3. The van der Waals surface area contributed by atoms with Crippen molar-refractivity contribution in [1.82, 2.24) is 0 Å². The smallest absolute Gasteiger partial charge is 0.147 e. The Morgan fingerprint density at radius 3 is 2.65 bits per heavy atom. The first-order valence-electron chi connectivity index (χ1n) is 5.99. The highest BCUT2D eigenvalue weighted by molar-refractivity contribution is 7.99. The van der Waals surface area contributed by atoms with E-state index < -0.39 is 5.60 Å². The highest BCUT2D eigenvalue weighted by Crippen LogP contribution is 2.33. The maximum atomic E-state index is 13.2. The quantitative estimate of drug-likeness (QED) is 0.644. The van der Waals surface area contributed by atoms with Crippen molar-refractivity contribution in [3.8, 4) is 0 Å². The largest absolute Gasteiger partial charge is 0.396 e. The molecular weight excluding hydrogens is 237 g/mol. The normalized spacial score (nSPS) is 19.2. The number of hydrogen-bond donors (Lipinski definition) is 2. The van der Waals surface area contributed by atoms with E-state index in [0.29, 0.717) is 5.75 Å². The molecule has 0 saturated heterocycles. The van der Waals surface area contributed by atoms with Crippen molar-refractivity contribution in [2.75, 3.05) is 11.5 Å². The van der Waals surface area contributed by atoms with Crippen LogP contribution in [0.4, 0.5) is 10.1 Å². The molecule has 0 bridgehead atoms. The van der Waals surface area contributed by atoms with Gasteiger partial charge >= 0.3 is 0 Å². The van der Waals surface area contributed by atoms with E-state index in [1.165, 1.54) is 24.2 Å². The van der Waals surface area contributed by atoms with Gasteiger partial charge in [0.2, 0.25) is 0 Å². The zero-order valence-corrected chi connectivity index (χ0v) is 10.6. The van der Waals surface area contributed by atoms with Gasteiger partial charge in [-0.2, -0.15) is 0 Å². The molecule has 0 radical (unpaired) electrons. The second-order valence-electron chi connectivity index (χ2n) is 4.76. The van der Waals surface area contributed by atoms with Gasteiger partial charge in [-0.3, -0.25) is 0 Å². The summed E-state index contributed by atoms with van der Waals surface area (Å²) < 4.78 is 13.2. The highest BCUT2D eigenvalue weighted by atomic mass is 32.2. The molecule has 0 spiro atoms. The summed E-state index contributed by atoms with van der Waals surface area (Å²) in [5, 5.41) is 10.3. The van der Waals surface area contributed by atoms with E-state index in [9.17, 15) is 9.50 Å².